The van der Waals surface area contributed by atoms with Crippen LogP contribution >= 0.6 is 11.3 Å². The third-order valence-electron chi connectivity index (χ3n) is 4.13. The number of carbonyl (C=O) groups excluding carboxylic acids is 1. The summed E-state index contributed by atoms with van der Waals surface area (Å²) in [7, 11) is 1.70. The van der Waals surface area contributed by atoms with Gasteiger partial charge in [-0.2, -0.15) is 0 Å². The second-order valence-electron chi connectivity index (χ2n) is 7.43. The molecule has 1 N–H and O–H groups in total. The third kappa shape index (κ3) is 4.09. The molecule has 0 saturated heterocycles. The van der Waals surface area contributed by atoms with Crippen molar-refractivity contribution in [3.63, 3.8) is 0 Å². The van der Waals surface area contributed by atoms with Crippen LogP contribution in [0.4, 0.5) is 11.4 Å². The number of carbonyl (C=O) groups is 1. The Balaban J connectivity index is 1.82. The van der Waals surface area contributed by atoms with E-state index in [1.165, 1.54) is 12.3 Å². The van der Waals surface area contributed by atoms with Gasteiger partial charge >= 0.3 is 0 Å². The van der Waals surface area contributed by atoms with E-state index in [1.54, 1.807) is 41.3 Å². The van der Waals surface area contributed by atoms with Gasteiger partial charge in [0.2, 0.25) is 5.78 Å². The van der Waals surface area contributed by atoms with Crippen molar-refractivity contribution in [1.29, 1.82) is 0 Å². The Morgan fingerprint density at radius 2 is 2.11 bits per heavy atom. The molecule has 0 spiro atoms. The zero-order chi connectivity index (χ0) is 20.5. The van der Waals surface area contributed by atoms with Crippen molar-refractivity contribution in [2.75, 3.05) is 5.32 Å². The number of ketones is 1. The molecule has 2 heterocycles. The summed E-state index contributed by atoms with van der Waals surface area (Å²) in [6.07, 6.45) is 3.16. The fourth-order valence-electron chi connectivity index (χ4n) is 2.61. The minimum atomic E-state index is -0.501. The Kier molecular flexibility index (Phi) is 5.28. The van der Waals surface area contributed by atoms with E-state index in [0.29, 0.717) is 12.2 Å². The molecule has 0 bridgehead atoms. The summed E-state index contributed by atoms with van der Waals surface area (Å²) in [6.45, 7) is 6.63. The molecule has 2 aromatic heterocycles. The lowest BCUT2D eigenvalue weighted by molar-refractivity contribution is -0.384. The highest BCUT2D eigenvalue weighted by molar-refractivity contribution is 7.09. The van der Waals surface area contributed by atoms with Crippen molar-refractivity contribution >= 4 is 28.5 Å². The van der Waals surface area contributed by atoms with E-state index in [9.17, 15) is 14.9 Å². The summed E-state index contributed by atoms with van der Waals surface area (Å²) in [5, 5.41) is 17.5. The number of benzene rings is 1. The van der Waals surface area contributed by atoms with Gasteiger partial charge in [-0.25, -0.2) is 9.97 Å². The van der Waals surface area contributed by atoms with E-state index < -0.39 is 4.92 Å². The Labute approximate surface area is 166 Å². The fraction of sp³-hybridized carbons (Fsp3) is 0.316. The topological polar surface area (TPSA) is 103 Å². The first kappa shape index (κ1) is 19.7. The molecule has 0 aliphatic carbocycles. The van der Waals surface area contributed by atoms with Gasteiger partial charge in [-0.1, -0.05) is 20.8 Å². The van der Waals surface area contributed by atoms with Crippen molar-refractivity contribution in [3.05, 3.63) is 68.2 Å². The van der Waals surface area contributed by atoms with Gasteiger partial charge in [0.25, 0.3) is 5.69 Å². The van der Waals surface area contributed by atoms with Gasteiger partial charge in [-0.15, -0.1) is 11.3 Å². The molecule has 0 unspecified atom stereocenters. The average Bonchev–Trinajstić information content (AvgIpc) is 3.27. The number of nitrogens with one attached hydrogen (secondary N) is 1. The number of thiazole rings is 1. The zero-order valence-corrected chi connectivity index (χ0v) is 16.9. The maximum Gasteiger partial charge on any atom is 0.293 e. The molecule has 0 fully saturated rings. The Morgan fingerprint density at radius 3 is 2.68 bits per heavy atom. The molecular formula is C19H21N5O3S. The molecule has 146 valence electrons. The summed E-state index contributed by atoms with van der Waals surface area (Å²) in [4.78, 5) is 32.2. The molecule has 0 radical (unpaired) electrons. The number of nitrogens with zero attached hydrogens (tertiary/aromatic N) is 4. The van der Waals surface area contributed by atoms with Gasteiger partial charge in [0.15, 0.2) is 5.82 Å². The molecular weight excluding hydrogens is 378 g/mol. The molecule has 3 aromatic rings. The highest BCUT2D eigenvalue weighted by Gasteiger charge is 2.21. The summed E-state index contributed by atoms with van der Waals surface area (Å²) in [5.74, 6) is -0.135. The van der Waals surface area contributed by atoms with E-state index in [1.807, 2.05) is 5.38 Å². The molecule has 28 heavy (non-hydrogen) atoms. The van der Waals surface area contributed by atoms with Gasteiger partial charge in [0, 0.05) is 41.9 Å². The van der Waals surface area contributed by atoms with Gasteiger partial charge in [0.05, 0.1) is 22.2 Å². The number of hydrogen-bond donors (Lipinski definition) is 1. The van der Waals surface area contributed by atoms with Gasteiger partial charge < -0.3 is 9.88 Å². The van der Waals surface area contributed by atoms with E-state index >= 15 is 0 Å². The first-order valence-corrected chi connectivity index (χ1v) is 9.54. The lowest BCUT2D eigenvalue weighted by Crippen LogP contribution is -2.11. The largest absolute Gasteiger partial charge is 0.374 e. The fourth-order valence-corrected chi connectivity index (χ4v) is 3.51. The monoisotopic (exact) mass is 399 g/mol. The van der Waals surface area contributed by atoms with Crippen molar-refractivity contribution in [1.82, 2.24) is 14.5 Å². The Bertz CT molecular complexity index is 1030. The van der Waals surface area contributed by atoms with Crippen LogP contribution in [0.15, 0.2) is 36.0 Å². The summed E-state index contributed by atoms with van der Waals surface area (Å²) in [5.41, 5.74) is 1.17. The average molecular weight is 399 g/mol. The summed E-state index contributed by atoms with van der Waals surface area (Å²) in [6, 6.07) is 4.39. The molecule has 0 aliphatic rings. The Hall–Kier alpha value is -3.07. The molecule has 0 aliphatic heterocycles. The molecule has 0 amide bonds. The van der Waals surface area contributed by atoms with Crippen LogP contribution in [0.2, 0.25) is 0 Å². The molecule has 0 saturated carbocycles. The molecule has 9 heteroatoms. The number of nitro benzene ring substituents is 1. The minimum absolute atomic E-state index is 0.0398. The first-order valence-electron chi connectivity index (χ1n) is 8.66. The van der Waals surface area contributed by atoms with Crippen LogP contribution in [0.3, 0.4) is 0 Å². The maximum atomic E-state index is 12.6. The van der Waals surface area contributed by atoms with Crippen molar-refractivity contribution in [3.8, 4) is 0 Å². The van der Waals surface area contributed by atoms with Crippen molar-refractivity contribution in [2.24, 2.45) is 7.05 Å². The van der Waals surface area contributed by atoms with Crippen molar-refractivity contribution in [2.45, 2.75) is 32.7 Å². The first-order chi connectivity index (χ1) is 13.2. The second kappa shape index (κ2) is 7.51. The van der Waals surface area contributed by atoms with E-state index in [4.69, 9.17) is 0 Å². The van der Waals surface area contributed by atoms with Crippen LogP contribution < -0.4 is 5.32 Å². The second-order valence-corrected chi connectivity index (χ2v) is 8.29. The predicted octanol–water partition coefficient (Wildman–Crippen LogP) is 3.93. The maximum absolute atomic E-state index is 12.6. The number of aryl methyl sites for hydroxylation is 1. The number of anilines is 1. The quantitative estimate of drug-likeness (QED) is 0.383. The van der Waals surface area contributed by atoms with Gasteiger partial charge in [0.1, 0.15) is 5.69 Å². The number of imidazole rings is 1. The number of aromatic nitrogens is 3. The molecule has 0 atom stereocenters. The number of nitro groups is 1. The molecule has 1 aromatic carbocycles. The van der Waals surface area contributed by atoms with Crippen molar-refractivity contribution < 1.29 is 9.72 Å². The minimum Gasteiger partial charge on any atom is -0.374 e. The number of hydrogen-bond acceptors (Lipinski definition) is 7. The summed E-state index contributed by atoms with van der Waals surface area (Å²) < 4.78 is 1.58. The highest BCUT2D eigenvalue weighted by atomic mass is 32.1. The predicted molar refractivity (Wildman–Crippen MR) is 108 cm³/mol. The summed E-state index contributed by atoms with van der Waals surface area (Å²) >= 11 is 1.57. The van der Waals surface area contributed by atoms with Crippen LogP contribution in [-0.4, -0.2) is 25.2 Å². The van der Waals surface area contributed by atoms with Crippen LogP contribution in [0.1, 0.15) is 47.7 Å². The van der Waals surface area contributed by atoms with Crippen LogP contribution in [0.25, 0.3) is 0 Å². The smallest absolute Gasteiger partial charge is 0.293 e. The SMILES string of the molecule is Cn1ccnc1C(=O)c1ccc(NCc2csc(C(C)(C)C)n2)c([N+](=O)[O-])c1. The molecule has 8 nitrogen and oxygen atoms in total. The van der Waals surface area contributed by atoms with E-state index in [0.717, 1.165) is 10.7 Å². The zero-order valence-electron chi connectivity index (χ0n) is 16.1. The van der Waals surface area contributed by atoms with E-state index in [-0.39, 0.29) is 28.3 Å². The highest BCUT2D eigenvalue weighted by Crippen LogP contribution is 2.29. The lowest BCUT2D eigenvalue weighted by Gasteiger charge is -2.13. The van der Waals surface area contributed by atoms with Crippen LogP contribution in [0, 0.1) is 10.1 Å². The Morgan fingerprint density at radius 1 is 1.36 bits per heavy atom. The van der Waals surface area contributed by atoms with E-state index in [2.05, 4.69) is 36.1 Å². The lowest BCUT2D eigenvalue weighted by atomic mass is 9.98. The van der Waals surface area contributed by atoms with Crippen LogP contribution in [-0.2, 0) is 19.0 Å². The number of rotatable bonds is 6. The third-order valence-corrected chi connectivity index (χ3v) is 5.45. The standard InChI is InChI=1S/C19H21N5O3S/c1-19(2,3)18-22-13(11-28-18)10-21-14-6-5-12(9-15(14)24(26)27)16(25)17-20-7-8-23(17)4/h5-9,11,21H,10H2,1-4H3. The normalized spacial score (nSPS) is 11.4. The van der Waals surface area contributed by atoms with Crippen LogP contribution in [0.5, 0.6) is 0 Å². The van der Waals surface area contributed by atoms with Gasteiger partial charge in [-0.05, 0) is 12.1 Å². The molecule has 3 rings (SSSR count). The van der Waals surface area contributed by atoms with Gasteiger partial charge in [-0.3, -0.25) is 14.9 Å².